The number of benzene rings is 2. The molecule has 0 aliphatic heterocycles. The molecular weight excluding hydrogens is 356 g/mol. The first-order chi connectivity index (χ1) is 12.0. The van der Waals surface area contributed by atoms with Crippen molar-refractivity contribution in [3.63, 3.8) is 0 Å². The number of halogens is 1. The number of aromatic hydroxyl groups is 1. The topological polar surface area (TPSA) is 79.1 Å². The van der Waals surface area contributed by atoms with E-state index in [4.69, 9.17) is 17.3 Å². The summed E-state index contributed by atoms with van der Waals surface area (Å²) in [6.45, 7) is 1.92. The van der Waals surface area contributed by atoms with E-state index in [9.17, 15) is 9.90 Å². The number of nitrogens with two attached hydrogens (primary N) is 1. The summed E-state index contributed by atoms with van der Waals surface area (Å²) < 4.78 is 0.614. The van der Waals surface area contributed by atoms with E-state index in [1.165, 1.54) is 17.4 Å². The van der Waals surface area contributed by atoms with Gasteiger partial charge in [0.05, 0.1) is 10.5 Å². The molecule has 0 aliphatic carbocycles. The van der Waals surface area contributed by atoms with Crippen LogP contribution in [0.5, 0.6) is 5.75 Å². The molecular formula is C19H15ClN2O2S. The smallest absolute Gasteiger partial charge is 0.266 e. The van der Waals surface area contributed by atoms with Gasteiger partial charge >= 0.3 is 0 Å². The van der Waals surface area contributed by atoms with E-state index < -0.39 is 0 Å². The number of nitrogens with one attached hydrogen (secondary N) is 1. The molecule has 4 nitrogen and oxygen atoms in total. The van der Waals surface area contributed by atoms with Gasteiger partial charge in [0.15, 0.2) is 0 Å². The van der Waals surface area contributed by atoms with E-state index in [1.807, 2.05) is 42.6 Å². The van der Waals surface area contributed by atoms with Crippen LogP contribution in [0.25, 0.3) is 32.1 Å². The summed E-state index contributed by atoms with van der Waals surface area (Å²) in [7, 11) is 0. The van der Waals surface area contributed by atoms with E-state index in [0.29, 0.717) is 20.8 Å². The van der Waals surface area contributed by atoms with Crippen molar-refractivity contribution in [2.24, 2.45) is 5.73 Å². The summed E-state index contributed by atoms with van der Waals surface area (Å²) in [6.07, 6.45) is 0. The summed E-state index contributed by atoms with van der Waals surface area (Å²) in [5.41, 5.74) is 8.76. The van der Waals surface area contributed by atoms with Gasteiger partial charge in [-0.3, -0.25) is 4.79 Å². The number of phenols is 1. The Morgan fingerprint density at radius 1 is 1.24 bits per heavy atom. The first-order valence-corrected chi connectivity index (χ1v) is 9.03. The molecule has 0 bridgehead atoms. The van der Waals surface area contributed by atoms with Crippen LogP contribution >= 0.6 is 22.9 Å². The van der Waals surface area contributed by atoms with Crippen molar-refractivity contribution in [2.45, 2.75) is 13.0 Å². The predicted octanol–water partition coefficient (Wildman–Crippen LogP) is 4.79. The third kappa shape index (κ3) is 2.52. The van der Waals surface area contributed by atoms with Gasteiger partial charge in [-0.25, -0.2) is 0 Å². The van der Waals surface area contributed by atoms with Gasteiger partial charge in [0, 0.05) is 28.4 Å². The maximum Gasteiger partial charge on any atom is 0.266 e. The second-order valence-electron chi connectivity index (χ2n) is 6.03. The molecule has 2 aromatic carbocycles. The molecule has 2 heterocycles. The predicted molar refractivity (Wildman–Crippen MR) is 105 cm³/mol. The van der Waals surface area contributed by atoms with Gasteiger partial charge < -0.3 is 15.8 Å². The highest BCUT2D eigenvalue weighted by atomic mass is 35.5. The summed E-state index contributed by atoms with van der Waals surface area (Å²) in [5.74, 6) is 0.0746. The third-order valence-corrected chi connectivity index (χ3v) is 5.57. The highest BCUT2D eigenvalue weighted by Gasteiger charge is 2.18. The van der Waals surface area contributed by atoms with Crippen molar-refractivity contribution >= 4 is 43.9 Å². The molecule has 0 saturated heterocycles. The zero-order chi connectivity index (χ0) is 17.7. The van der Waals surface area contributed by atoms with Gasteiger partial charge in [-0.2, -0.15) is 0 Å². The van der Waals surface area contributed by atoms with Gasteiger partial charge in [0.2, 0.25) is 0 Å². The van der Waals surface area contributed by atoms with Crippen LogP contribution in [0, 0.1) is 0 Å². The number of pyridine rings is 1. The Kier molecular flexibility index (Phi) is 3.80. The number of fused-ring (bicyclic) bond motifs is 3. The third-order valence-electron chi connectivity index (χ3n) is 4.36. The Morgan fingerprint density at radius 2 is 1.96 bits per heavy atom. The van der Waals surface area contributed by atoms with Gasteiger partial charge in [-0.15, -0.1) is 11.3 Å². The lowest BCUT2D eigenvalue weighted by molar-refractivity contribution is 0.478. The van der Waals surface area contributed by atoms with Crippen LogP contribution in [0.15, 0.2) is 46.6 Å². The second kappa shape index (κ2) is 5.88. The Bertz CT molecular complexity index is 1160. The van der Waals surface area contributed by atoms with Crippen LogP contribution in [0.2, 0.25) is 5.02 Å². The largest absolute Gasteiger partial charge is 0.507 e. The summed E-state index contributed by atoms with van der Waals surface area (Å²) in [5, 5.41) is 14.3. The average molecular weight is 371 g/mol. The Morgan fingerprint density at radius 3 is 2.64 bits per heavy atom. The molecule has 25 heavy (non-hydrogen) atoms. The first-order valence-electron chi connectivity index (χ1n) is 7.78. The maximum atomic E-state index is 12.3. The van der Waals surface area contributed by atoms with Crippen molar-refractivity contribution in [1.29, 1.82) is 0 Å². The van der Waals surface area contributed by atoms with Gasteiger partial charge in [-0.05, 0) is 29.5 Å². The molecule has 0 radical (unpaired) electrons. The molecule has 0 spiro atoms. The van der Waals surface area contributed by atoms with Crippen molar-refractivity contribution in [1.82, 2.24) is 4.98 Å². The SMILES string of the molecule is C[C@@H](N)c1ccc(-c2c(O)cc(Cl)c3[nH]c(=O)c4sccc4c23)cc1. The molecule has 0 fully saturated rings. The van der Waals surface area contributed by atoms with Gasteiger partial charge in [0.25, 0.3) is 5.56 Å². The fourth-order valence-corrected chi connectivity index (χ4v) is 4.17. The summed E-state index contributed by atoms with van der Waals surface area (Å²) >= 11 is 7.65. The quantitative estimate of drug-likeness (QED) is 0.474. The second-order valence-corrected chi connectivity index (χ2v) is 7.35. The van der Waals surface area contributed by atoms with Gasteiger partial charge in [-0.1, -0.05) is 35.9 Å². The molecule has 126 valence electrons. The lowest BCUT2D eigenvalue weighted by Gasteiger charge is -2.13. The van der Waals surface area contributed by atoms with Crippen molar-refractivity contribution in [3.8, 4) is 16.9 Å². The monoisotopic (exact) mass is 370 g/mol. The number of phenolic OH excluding ortho intramolecular Hbond substituents is 1. The fourth-order valence-electron chi connectivity index (χ4n) is 3.13. The number of aromatic amines is 1. The molecule has 0 aliphatic rings. The van der Waals surface area contributed by atoms with Crippen LogP contribution in [0.1, 0.15) is 18.5 Å². The molecule has 4 N–H and O–H groups in total. The van der Waals surface area contributed by atoms with E-state index in [1.54, 1.807) is 0 Å². The molecule has 6 heteroatoms. The van der Waals surface area contributed by atoms with Crippen molar-refractivity contribution < 1.29 is 5.11 Å². The van der Waals surface area contributed by atoms with E-state index >= 15 is 0 Å². The molecule has 2 aromatic heterocycles. The number of aromatic nitrogens is 1. The maximum absolute atomic E-state index is 12.3. The zero-order valence-corrected chi connectivity index (χ0v) is 14.9. The number of hydrogen-bond acceptors (Lipinski definition) is 4. The Labute approximate surface area is 152 Å². The standard InChI is InChI=1S/C19H15ClN2O2S/c1-9(21)10-2-4-11(5-3-10)15-14(23)8-13(20)17-16(15)12-6-7-25-18(12)19(24)22-17/h2-9,23H,21H2,1H3,(H,22,24)/t9-/m1/s1. The fraction of sp³-hybridized carbons (Fsp3) is 0.105. The van der Waals surface area contributed by atoms with Crippen LogP contribution in [0.3, 0.4) is 0 Å². The lowest BCUT2D eigenvalue weighted by atomic mass is 9.96. The highest BCUT2D eigenvalue weighted by molar-refractivity contribution is 7.17. The molecule has 4 aromatic rings. The van der Waals surface area contributed by atoms with Crippen LogP contribution < -0.4 is 11.3 Å². The average Bonchev–Trinajstić information content (AvgIpc) is 3.07. The summed E-state index contributed by atoms with van der Waals surface area (Å²) in [6, 6.07) is 11.0. The van der Waals surface area contributed by atoms with E-state index in [2.05, 4.69) is 4.98 Å². The lowest BCUT2D eigenvalue weighted by Crippen LogP contribution is -2.05. The minimum Gasteiger partial charge on any atom is -0.507 e. The molecule has 0 amide bonds. The number of H-pyrrole nitrogens is 1. The molecule has 0 unspecified atom stereocenters. The minimum absolute atomic E-state index is 0.0652. The van der Waals surface area contributed by atoms with E-state index in [-0.39, 0.29) is 17.4 Å². The van der Waals surface area contributed by atoms with Crippen LogP contribution in [-0.2, 0) is 0 Å². The zero-order valence-electron chi connectivity index (χ0n) is 13.3. The van der Waals surface area contributed by atoms with E-state index in [0.717, 1.165) is 21.9 Å². The number of thiophene rings is 1. The number of hydrogen-bond donors (Lipinski definition) is 3. The Balaban J connectivity index is 2.13. The normalized spacial score (nSPS) is 12.8. The summed E-state index contributed by atoms with van der Waals surface area (Å²) in [4.78, 5) is 15.1. The first kappa shape index (κ1) is 16.1. The molecule has 1 atom stereocenters. The van der Waals surface area contributed by atoms with Crippen LogP contribution in [-0.4, -0.2) is 10.1 Å². The molecule has 4 rings (SSSR count). The van der Waals surface area contributed by atoms with Gasteiger partial charge in [0.1, 0.15) is 10.4 Å². The highest BCUT2D eigenvalue weighted by Crippen LogP contribution is 2.42. The van der Waals surface area contributed by atoms with Crippen molar-refractivity contribution in [2.75, 3.05) is 0 Å². The van der Waals surface area contributed by atoms with Crippen LogP contribution in [0.4, 0.5) is 0 Å². The van der Waals surface area contributed by atoms with Crippen molar-refractivity contribution in [3.05, 3.63) is 62.7 Å². The molecule has 0 saturated carbocycles. The minimum atomic E-state index is -0.177. The Hall–Kier alpha value is -2.34. The number of rotatable bonds is 2.